The third-order valence-electron chi connectivity index (χ3n) is 3.49. The fourth-order valence-corrected chi connectivity index (χ4v) is 4.32. The van der Waals surface area contributed by atoms with Crippen LogP contribution < -0.4 is 5.32 Å². The fraction of sp³-hybridized carbons (Fsp3) is 0.750. The van der Waals surface area contributed by atoms with E-state index in [1.165, 1.54) is 15.8 Å². The molecule has 0 radical (unpaired) electrons. The number of hydrogen-bond donors (Lipinski definition) is 1. The largest absolute Gasteiger partial charge is 0.350 e. The summed E-state index contributed by atoms with van der Waals surface area (Å²) >= 11 is 1.26. The topological polar surface area (TPSA) is 92.3 Å². The summed E-state index contributed by atoms with van der Waals surface area (Å²) in [7, 11) is -3.34. The van der Waals surface area contributed by atoms with Crippen molar-refractivity contribution in [3.05, 3.63) is 10.6 Å². The maximum atomic E-state index is 12.2. The molecule has 7 nitrogen and oxygen atoms in total. The maximum Gasteiger partial charge on any atom is 0.238 e. The minimum atomic E-state index is -3.34. The second-order valence-electron chi connectivity index (χ2n) is 5.49. The molecule has 0 bridgehead atoms. The van der Waals surface area contributed by atoms with Crippen molar-refractivity contribution < 1.29 is 13.2 Å². The van der Waals surface area contributed by atoms with E-state index in [-0.39, 0.29) is 11.8 Å². The maximum absolute atomic E-state index is 12.2. The number of sulfonamides is 1. The Hall–Kier alpha value is -1.06. The van der Waals surface area contributed by atoms with Crippen molar-refractivity contribution in [3.63, 3.8) is 0 Å². The number of hydrogen-bond acceptors (Lipinski definition) is 6. The first-order chi connectivity index (χ1) is 9.80. The van der Waals surface area contributed by atoms with Gasteiger partial charge in [-0.05, 0) is 30.3 Å². The molecule has 0 saturated carbocycles. The van der Waals surface area contributed by atoms with Gasteiger partial charge in [-0.2, -0.15) is 4.31 Å². The Morgan fingerprint density at radius 2 is 2.24 bits per heavy atom. The molecular formula is C12H20N4O3S2. The third-order valence-corrected chi connectivity index (χ3v) is 5.51. The molecule has 2 rings (SSSR count). The highest BCUT2D eigenvalue weighted by Crippen LogP contribution is 2.22. The number of amides is 1. The summed E-state index contributed by atoms with van der Waals surface area (Å²) in [6.07, 6.45) is 2.42. The van der Waals surface area contributed by atoms with Crippen molar-refractivity contribution in [2.24, 2.45) is 0 Å². The van der Waals surface area contributed by atoms with Crippen LogP contribution in [-0.4, -0.2) is 47.1 Å². The van der Waals surface area contributed by atoms with Crippen LogP contribution >= 0.6 is 11.5 Å². The van der Waals surface area contributed by atoms with Crippen LogP contribution in [0.4, 0.5) is 0 Å². The number of nitrogens with one attached hydrogen (secondary N) is 1. The lowest BCUT2D eigenvalue weighted by Gasteiger charge is -2.21. The van der Waals surface area contributed by atoms with E-state index < -0.39 is 16.1 Å². The molecule has 1 aromatic rings. The van der Waals surface area contributed by atoms with Gasteiger partial charge in [-0.3, -0.25) is 4.79 Å². The monoisotopic (exact) mass is 332 g/mol. The van der Waals surface area contributed by atoms with Gasteiger partial charge < -0.3 is 5.32 Å². The first-order valence-corrected chi connectivity index (χ1v) is 9.48. The van der Waals surface area contributed by atoms with Gasteiger partial charge in [0.05, 0.1) is 23.4 Å². The van der Waals surface area contributed by atoms with Gasteiger partial charge in [-0.1, -0.05) is 18.3 Å². The average Bonchev–Trinajstić information content (AvgIpc) is 3.03. The Bertz CT molecular complexity index is 612. The highest BCUT2D eigenvalue weighted by molar-refractivity contribution is 7.88. The minimum Gasteiger partial charge on any atom is -0.350 e. The Balaban J connectivity index is 2.00. The molecule has 0 unspecified atom stereocenters. The Kier molecular flexibility index (Phi) is 4.95. The zero-order chi connectivity index (χ0) is 15.6. The highest BCUT2D eigenvalue weighted by atomic mass is 32.2. The van der Waals surface area contributed by atoms with E-state index in [1.807, 2.05) is 13.8 Å². The molecule has 0 aliphatic carbocycles. The highest BCUT2D eigenvalue weighted by Gasteiger charge is 2.36. The van der Waals surface area contributed by atoms with Crippen LogP contribution in [0.25, 0.3) is 0 Å². The third kappa shape index (κ3) is 3.78. The Morgan fingerprint density at radius 1 is 1.52 bits per heavy atom. The molecule has 1 atom stereocenters. The van der Waals surface area contributed by atoms with E-state index >= 15 is 0 Å². The van der Waals surface area contributed by atoms with Gasteiger partial charge in [0, 0.05) is 6.54 Å². The summed E-state index contributed by atoms with van der Waals surface area (Å²) in [6.45, 7) is 4.79. The van der Waals surface area contributed by atoms with E-state index in [2.05, 4.69) is 14.9 Å². The summed E-state index contributed by atoms with van der Waals surface area (Å²) in [5.74, 6) is -0.00400. The van der Waals surface area contributed by atoms with Crippen molar-refractivity contribution in [2.45, 2.75) is 45.2 Å². The lowest BCUT2D eigenvalue weighted by molar-refractivity contribution is -0.124. The van der Waals surface area contributed by atoms with Gasteiger partial charge in [0.1, 0.15) is 6.04 Å². The van der Waals surface area contributed by atoms with Crippen molar-refractivity contribution in [1.29, 1.82) is 0 Å². The normalized spacial score (nSPS) is 20.1. The summed E-state index contributed by atoms with van der Waals surface area (Å²) < 4.78 is 28.5. The number of carbonyl (C=O) groups excluding carboxylic acids is 1. The average molecular weight is 332 g/mol. The predicted octanol–water partition coefficient (Wildman–Crippen LogP) is 0.702. The molecule has 2 heterocycles. The zero-order valence-corrected chi connectivity index (χ0v) is 14.0. The molecule has 1 aromatic heterocycles. The number of rotatable bonds is 5. The van der Waals surface area contributed by atoms with Crippen LogP contribution in [-0.2, 0) is 21.4 Å². The van der Waals surface area contributed by atoms with Gasteiger partial charge in [-0.25, -0.2) is 8.42 Å². The molecule has 1 saturated heterocycles. The lowest BCUT2D eigenvalue weighted by atomic mass is 10.1. The van der Waals surface area contributed by atoms with Crippen LogP contribution in [0.15, 0.2) is 0 Å². The number of nitrogens with zero attached hydrogens (tertiary/aromatic N) is 3. The molecular weight excluding hydrogens is 312 g/mol. The zero-order valence-electron chi connectivity index (χ0n) is 12.4. The molecule has 1 N–H and O–H groups in total. The van der Waals surface area contributed by atoms with Crippen molar-refractivity contribution in [2.75, 3.05) is 12.8 Å². The molecule has 0 aromatic carbocycles. The Labute approximate surface area is 128 Å². The number of aromatic nitrogens is 2. The summed E-state index contributed by atoms with van der Waals surface area (Å²) in [5.41, 5.74) is 0.881. The van der Waals surface area contributed by atoms with Crippen LogP contribution in [0.5, 0.6) is 0 Å². The first-order valence-electron chi connectivity index (χ1n) is 6.86. The van der Waals surface area contributed by atoms with E-state index in [9.17, 15) is 13.2 Å². The SMILES string of the molecule is CC(C)c1nnsc1CNC(=O)[C@@H]1CCCN1S(C)(=O)=O. The molecule has 1 aliphatic heterocycles. The quantitative estimate of drug-likeness (QED) is 0.857. The van der Waals surface area contributed by atoms with Gasteiger partial charge in [0.2, 0.25) is 15.9 Å². The molecule has 1 fully saturated rings. The minimum absolute atomic E-state index is 0.245. The molecule has 118 valence electrons. The van der Waals surface area contributed by atoms with Crippen LogP contribution in [0, 0.1) is 0 Å². The van der Waals surface area contributed by atoms with Gasteiger partial charge in [0.25, 0.3) is 0 Å². The molecule has 0 spiro atoms. The predicted molar refractivity (Wildman–Crippen MR) is 80.4 cm³/mol. The van der Waals surface area contributed by atoms with E-state index in [1.54, 1.807) is 0 Å². The van der Waals surface area contributed by atoms with Gasteiger partial charge >= 0.3 is 0 Å². The second-order valence-corrected chi connectivity index (χ2v) is 8.26. The van der Waals surface area contributed by atoms with Crippen molar-refractivity contribution in [1.82, 2.24) is 19.2 Å². The lowest BCUT2D eigenvalue weighted by Crippen LogP contribution is -2.45. The van der Waals surface area contributed by atoms with Gasteiger partial charge in [0.15, 0.2) is 0 Å². The van der Waals surface area contributed by atoms with E-state index in [4.69, 9.17) is 0 Å². The molecule has 1 amide bonds. The van der Waals surface area contributed by atoms with Crippen LogP contribution in [0.3, 0.4) is 0 Å². The summed E-state index contributed by atoms with van der Waals surface area (Å²) in [6, 6.07) is -0.594. The second kappa shape index (κ2) is 6.37. The molecule has 1 aliphatic rings. The summed E-state index contributed by atoms with van der Waals surface area (Å²) in [5, 5.41) is 6.87. The summed E-state index contributed by atoms with van der Waals surface area (Å²) in [4.78, 5) is 13.1. The van der Waals surface area contributed by atoms with Gasteiger partial charge in [-0.15, -0.1) is 5.10 Å². The van der Waals surface area contributed by atoms with Crippen LogP contribution in [0.2, 0.25) is 0 Å². The molecule has 21 heavy (non-hydrogen) atoms. The van der Waals surface area contributed by atoms with Crippen molar-refractivity contribution in [3.8, 4) is 0 Å². The first kappa shape index (κ1) is 16.3. The van der Waals surface area contributed by atoms with Crippen molar-refractivity contribution >= 4 is 27.5 Å². The van der Waals surface area contributed by atoms with E-state index in [0.717, 1.165) is 16.8 Å². The fourth-order valence-electron chi connectivity index (χ4n) is 2.46. The standard InChI is InChI=1S/C12H20N4O3S2/c1-8(2)11-10(20-15-14-11)7-13-12(17)9-5-4-6-16(9)21(3,18)19/h8-9H,4-7H2,1-3H3,(H,13,17)/t9-/m0/s1. The molecule has 9 heteroatoms. The van der Waals surface area contributed by atoms with E-state index in [0.29, 0.717) is 25.9 Å². The Morgan fingerprint density at radius 3 is 2.86 bits per heavy atom. The smallest absolute Gasteiger partial charge is 0.238 e. The number of carbonyl (C=O) groups is 1. The van der Waals surface area contributed by atoms with Crippen LogP contribution in [0.1, 0.15) is 43.2 Å².